The fourth-order valence-corrected chi connectivity index (χ4v) is 2.58. The molecule has 1 saturated carbocycles. The van der Waals surface area contributed by atoms with Crippen molar-refractivity contribution in [2.24, 2.45) is 0 Å². The lowest BCUT2D eigenvalue weighted by Crippen LogP contribution is -2.57. The predicted molar refractivity (Wildman–Crippen MR) is 84.2 cm³/mol. The Kier molecular flexibility index (Phi) is 5.07. The van der Waals surface area contributed by atoms with Gasteiger partial charge in [-0.3, -0.25) is 4.79 Å². The number of nitrogens with zero attached hydrogens (tertiary/aromatic N) is 1. The van der Waals surface area contributed by atoms with Crippen LogP contribution in [0.15, 0.2) is 24.3 Å². The third-order valence-electron chi connectivity index (χ3n) is 4.35. The second-order valence-corrected chi connectivity index (χ2v) is 5.89. The number of nitrogen functional groups attached to an aromatic ring is 1. The van der Waals surface area contributed by atoms with Crippen molar-refractivity contribution in [1.29, 1.82) is 0 Å². The molecule has 1 amide bonds. The average molecular weight is 291 g/mol. The molecular formula is C16H25N3O2. The van der Waals surface area contributed by atoms with Gasteiger partial charge in [-0.2, -0.15) is 0 Å². The lowest BCUT2D eigenvalue weighted by atomic mass is 9.75. The number of hydrogen-bond donors (Lipinski definition) is 2. The van der Waals surface area contributed by atoms with Crippen LogP contribution in [0.1, 0.15) is 25.7 Å². The summed E-state index contributed by atoms with van der Waals surface area (Å²) in [5.41, 5.74) is 6.53. The molecule has 5 heteroatoms. The van der Waals surface area contributed by atoms with E-state index in [0.29, 0.717) is 31.0 Å². The summed E-state index contributed by atoms with van der Waals surface area (Å²) < 4.78 is 5.53. The van der Waals surface area contributed by atoms with Gasteiger partial charge in [0.25, 0.3) is 0 Å². The van der Waals surface area contributed by atoms with Crippen molar-refractivity contribution in [3.05, 3.63) is 24.3 Å². The zero-order chi connectivity index (χ0) is 15.3. The van der Waals surface area contributed by atoms with Gasteiger partial charge < -0.3 is 20.7 Å². The molecule has 1 aromatic carbocycles. The first-order chi connectivity index (χ1) is 10.0. The summed E-state index contributed by atoms with van der Waals surface area (Å²) in [6.07, 6.45) is 3.89. The maximum absolute atomic E-state index is 11.9. The van der Waals surface area contributed by atoms with E-state index in [1.165, 1.54) is 6.42 Å². The minimum Gasteiger partial charge on any atom is -0.491 e. The van der Waals surface area contributed by atoms with Crippen molar-refractivity contribution in [3.63, 3.8) is 0 Å². The van der Waals surface area contributed by atoms with E-state index >= 15 is 0 Å². The summed E-state index contributed by atoms with van der Waals surface area (Å²) in [5, 5.41) is 3.02. The molecule has 0 heterocycles. The first-order valence-corrected chi connectivity index (χ1v) is 7.45. The van der Waals surface area contributed by atoms with Crippen LogP contribution in [0, 0.1) is 0 Å². The monoisotopic (exact) mass is 291 g/mol. The quantitative estimate of drug-likeness (QED) is 0.749. The molecule has 2 rings (SSSR count). The standard InChI is InChI=1S/C16H25N3O2/c1-19(2)16(9-5-10-16)12-18-15(20)8-11-21-14-7-4-3-6-13(14)17/h3-4,6-7H,5,8-12,17H2,1-2H3,(H,18,20). The summed E-state index contributed by atoms with van der Waals surface area (Å²) in [4.78, 5) is 14.1. The Bertz CT molecular complexity index is 484. The number of nitrogens with two attached hydrogens (primary N) is 1. The molecule has 1 aliphatic rings. The number of anilines is 1. The average Bonchev–Trinajstić information content (AvgIpc) is 2.39. The Labute approximate surface area is 126 Å². The maximum Gasteiger partial charge on any atom is 0.223 e. The molecule has 116 valence electrons. The van der Waals surface area contributed by atoms with E-state index in [4.69, 9.17) is 10.5 Å². The molecule has 0 radical (unpaired) electrons. The van der Waals surface area contributed by atoms with Gasteiger partial charge in [-0.25, -0.2) is 0 Å². The number of amides is 1. The van der Waals surface area contributed by atoms with Crippen LogP contribution in [0.4, 0.5) is 5.69 Å². The van der Waals surface area contributed by atoms with Gasteiger partial charge in [0.15, 0.2) is 0 Å². The van der Waals surface area contributed by atoms with Crippen LogP contribution in [0.2, 0.25) is 0 Å². The number of benzene rings is 1. The zero-order valence-corrected chi connectivity index (χ0v) is 12.9. The van der Waals surface area contributed by atoms with E-state index in [1.54, 1.807) is 6.07 Å². The second kappa shape index (κ2) is 6.80. The molecular weight excluding hydrogens is 266 g/mol. The Hall–Kier alpha value is -1.75. The van der Waals surface area contributed by atoms with Gasteiger partial charge in [0.05, 0.1) is 18.7 Å². The number of para-hydroxylation sites is 2. The number of likely N-dealkylation sites (N-methyl/N-ethyl adjacent to an activating group) is 1. The molecule has 5 nitrogen and oxygen atoms in total. The third-order valence-corrected chi connectivity index (χ3v) is 4.35. The Morgan fingerprint density at radius 2 is 2.10 bits per heavy atom. The number of rotatable bonds is 7. The van der Waals surface area contributed by atoms with Gasteiger partial charge >= 0.3 is 0 Å². The van der Waals surface area contributed by atoms with Crippen LogP contribution in [-0.2, 0) is 4.79 Å². The molecule has 3 N–H and O–H groups in total. The lowest BCUT2D eigenvalue weighted by Gasteiger charge is -2.47. The first-order valence-electron chi connectivity index (χ1n) is 7.45. The van der Waals surface area contributed by atoms with E-state index < -0.39 is 0 Å². The number of carbonyl (C=O) groups excluding carboxylic acids is 1. The van der Waals surface area contributed by atoms with Crippen LogP contribution >= 0.6 is 0 Å². The molecule has 1 aliphatic carbocycles. The highest BCUT2D eigenvalue weighted by atomic mass is 16.5. The van der Waals surface area contributed by atoms with Gasteiger partial charge in [-0.15, -0.1) is 0 Å². The van der Waals surface area contributed by atoms with E-state index in [-0.39, 0.29) is 11.4 Å². The summed E-state index contributed by atoms with van der Waals surface area (Å²) in [6.45, 7) is 1.06. The van der Waals surface area contributed by atoms with E-state index in [1.807, 2.05) is 18.2 Å². The second-order valence-electron chi connectivity index (χ2n) is 5.89. The van der Waals surface area contributed by atoms with Crippen molar-refractivity contribution in [2.75, 3.05) is 33.0 Å². The smallest absolute Gasteiger partial charge is 0.223 e. The van der Waals surface area contributed by atoms with E-state index in [0.717, 1.165) is 12.8 Å². The van der Waals surface area contributed by atoms with Gasteiger partial charge in [-0.05, 0) is 45.5 Å². The third kappa shape index (κ3) is 3.88. The largest absolute Gasteiger partial charge is 0.491 e. The Balaban J connectivity index is 1.70. The minimum absolute atomic E-state index is 0.0256. The topological polar surface area (TPSA) is 67.6 Å². The number of nitrogens with one attached hydrogen (secondary N) is 1. The molecule has 0 spiro atoms. The Morgan fingerprint density at radius 3 is 2.67 bits per heavy atom. The molecule has 0 bridgehead atoms. The van der Waals surface area contributed by atoms with Crippen molar-refractivity contribution >= 4 is 11.6 Å². The Morgan fingerprint density at radius 1 is 1.38 bits per heavy atom. The first kappa shape index (κ1) is 15.6. The number of carbonyl (C=O) groups is 1. The van der Waals surface area contributed by atoms with Gasteiger partial charge in [0.2, 0.25) is 5.91 Å². The summed E-state index contributed by atoms with van der Waals surface area (Å²) in [6, 6.07) is 7.31. The molecule has 1 aromatic rings. The van der Waals surface area contributed by atoms with Crippen LogP contribution in [0.5, 0.6) is 5.75 Å². The van der Waals surface area contributed by atoms with Crippen molar-refractivity contribution < 1.29 is 9.53 Å². The molecule has 1 fully saturated rings. The number of ether oxygens (including phenoxy) is 1. The molecule has 0 unspecified atom stereocenters. The fraction of sp³-hybridized carbons (Fsp3) is 0.562. The highest BCUT2D eigenvalue weighted by Gasteiger charge is 2.39. The van der Waals surface area contributed by atoms with E-state index in [2.05, 4.69) is 24.3 Å². The summed E-state index contributed by atoms with van der Waals surface area (Å²) >= 11 is 0. The zero-order valence-electron chi connectivity index (χ0n) is 12.9. The molecule has 0 saturated heterocycles. The van der Waals surface area contributed by atoms with Gasteiger partial charge in [0, 0.05) is 12.1 Å². The highest BCUT2D eigenvalue weighted by Crippen LogP contribution is 2.35. The number of hydrogen-bond acceptors (Lipinski definition) is 4. The van der Waals surface area contributed by atoms with Crippen LogP contribution < -0.4 is 15.8 Å². The molecule has 0 atom stereocenters. The van der Waals surface area contributed by atoms with Crippen LogP contribution in [-0.4, -0.2) is 43.6 Å². The summed E-state index contributed by atoms with van der Waals surface area (Å²) in [7, 11) is 4.15. The highest BCUT2D eigenvalue weighted by molar-refractivity contribution is 5.76. The van der Waals surface area contributed by atoms with E-state index in [9.17, 15) is 4.79 Å². The van der Waals surface area contributed by atoms with Gasteiger partial charge in [-0.1, -0.05) is 12.1 Å². The molecule has 0 aromatic heterocycles. The van der Waals surface area contributed by atoms with Crippen LogP contribution in [0.25, 0.3) is 0 Å². The van der Waals surface area contributed by atoms with Crippen molar-refractivity contribution in [2.45, 2.75) is 31.2 Å². The molecule has 21 heavy (non-hydrogen) atoms. The van der Waals surface area contributed by atoms with Crippen LogP contribution in [0.3, 0.4) is 0 Å². The SMILES string of the molecule is CN(C)C1(CNC(=O)CCOc2ccccc2N)CCC1. The normalized spacial score (nSPS) is 16.3. The minimum atomic E-state index is 0.0256. The van der Waals surface area contributed by atoms with Crippen molar-refractivity contribution in [1.82, 2.24) is 10.2 Å². The predicted octanol–water partition coefficient (Wildman–Crippen LogP) is 1.64. The maximum atomic E-state index is 11.9. The van der Waals surface area contributed by atoms with Crippen molar-refractivity contribution in [3.8, 4) is 5.75 Å². The lowest BCUT2D eigenvalue weighted by molar-refractivity contribution is -0.122. The fourth-order valence-electron chi connectivity index (χ4n) is 2.58. The summed E-state index contributed by atoms with van der Waals surface area (Å²) in [5.74, 6) is 0.659. The van der Waals surface area contributed by atoms with Gasteiger partial charge in [0.1, 0.15) is 5.75 Å². The molecule has 0 aliphatic heterocycles.